The van der Waals surface area contributed by atoms with Crippen LogP contribution in [-0.2, 0) is 16.1 Å². The molecule has 0 saturated heterocycles. The van der Waals surface area contributed by atoms with Crippen LogP contribution in [0.2, 0.25) is 0 Å². The lowest BCUT2D eigenvalue weighted by Gasteiger charge is -2.08. The van der Waals surface area contributed by atoms with Gasteiger partial charge < -0.3 is 9.30 Å². The molecule has 0 fully saturated rings. The molecule has 0 saturated carbocycles. The third kappa shape index (κ3) is 2.64. The number of aromatic nitrogens is 1. The highest BCUT2D eigenvalue weighted by Gasteiger charge is 2.19. The Balaban J connectivity index is 2.41. The van der Waals surface area contributed by atoms with E-state index < -0.39 is 12.1 Å². The number of allylic oxidation sites excluding steroid dienone is 1. The highest BCUT2D eigenvalue weighted by Crippen LogP contribution is 2.22. The number of carbonyl (C=O) groups is 2. The molecule has 0 spiro atoms. The first-order valence-corrected chi connectivity index (χ1v) is 6.44. The predicted molar refractivity (Wildman–Crippen MR) is 77.7 cm³/mol. The monoisotopic (exact) mass is 271 g/mol. The normalized spacial score (nSPS) is 12.1. The van der Waals surface area contributed by atoms with Gasteiger partial charge in [0, 0.05) is 23.6 Å². The van der Waals surface area contributed by atoms with E-state index in [0.29, 0.717) is 12.1 Å². The predicted octanol–water partition coefficient (Wildman–Crippen LogP) is 2.96. The van der Waals surface area contributed by atoms with Gasteiger partial charge in [0.2, 0.25) is 0 Å². The van der Waals surface area contributed by atoms with Crippen LogP contribution < -0.4 is 0 Å². The van der Waals surface area contributed by atoms with Crippen LogP contribution in [0.15, 0.2) is 43.1 Å². The third-order valence-corrected chi connectivity index (χ3v) is 3.19. The maximum absolute atomic E-state index is 12.2. The molecule has 0 radical (unpaired) electrons. The number of benzene rings is 1. The molecule has 1 atom stereocenters. The number of fused-ring (bicyclic) bond motifs is 1. The Morgan fingerprint density at radius 3 is 2.75 bits per heavy atom. The zero-order valence-electron chi connectivity index (χ0n) is 11.6. The number of para-hydroxylation sites is 1. The van der Waals surface area contributed by atoms with Crippen LogP contribution >= 0.6 is 0 Å². The molecule has 0 N–H and O–H groups in total. The summed E-state index contributed by atoms with van der Waals surface area (Å²) in [5.74, 6) is -0.653. The number of ether oxygens (including phenoxy) is 1. The fourth-order valence-corrected chi connectivity index (χ4v) is 2.01. The number of esters is 1. The summed E-state index contributed by atoms with van der Waals surface area (Å²) in [4.78, 5) is 23.4. The average molecular weight is 271 g/mol. The largest absolute Gasteiger partial charge is 0.451 e. The Morgan fingerprint density at radius 1 is 1.40 bits per heavy atom. The maximum Gasteiger partial charge on any atom is 0.341 e. The topological polar surface area (TPSA) is 48.3 Å². The number of rotatable bonds is 5. The summed E-state index contributed by atoms with van der Waals surface area (Å²) >= 11 is 0. The van der Waals surface area contributed by atoms with Gasteiger partial charge in [-0.3, -0.25) is 4.79 Å². The van der Waals surface area contributed by atoms with Crippen molar-refractivity contribution < 1.29 is 14.3 Å². The van der Waals surface area contributed by atoms with Crippen molar-refractivity contribution in [3.05, 3.63) is 48.7 Å². The lowest BCUT2D eigenvalue weighted by atomic mass is 10.2. The van der Waals surface area contributed by atoms with Gasteiger partial charge in [-0.15, -0.1) is 6.58 Å². The molecule has 0 aliphatic heterocycles. The number of Topliss-reactive ketones (excluding diaryl/α,β-unsaturated/α-hetero) is 1. The van der Waals surface area contributed by atoms with Crippen LogP contribution in [0, 0.1) is 0 Å². The minimum atomic E-state index is -0.732. The highest BCUT2D eigenvalue weighted by atomic mass is 16.5. The summed E-state index contributed by atoms with van der Waals surface area (Å²) in [6, 6.07) is 7.58. The van der Waals surface area contributed by atoms with Crippen LogP contribution in [-0.4, -0.2) is 22.4 Å². The minimum Gasteiger partial charge on any atom is -0.451 e. The summed E-state index contributed by atoms with van der Waals surface area (Å²) in [7, 11) is 0. The van der Waals surface area contributed by atoms with E-state index in [0.717, 1.165) is 10.9 Å². The van der Waals surface area contributed by atoms with Crippen molar-refractivity contribution in [1.82, 2.24) is 4.57 Å². The fraction of sp³-hybridized carbons (Fsp3) is 0.250. The molecule has 104 valence electrons. The van der Waals surface area contributed by atoms with Gasteiger partial charge in [0.25, 0.3) is 0 Å². The smallest absolute Gasteiger partial charge is 0.341 e. The van der Waals surface area contributed by atoms with Crippen LogP contribution in [0.3, 0.4) is 0 Å². The molecule has 1 aromatic heterocycles. The molecule has 0 amide bonds. The molecule has 20 heavy (non-hydrogen) atoms. The first-order chi connectivity index (χ1) is 9.54. The van der Waals surface area contributed by atoms with Crippen molar-refractivity contribution in [1.29, 1.82) is 0 Å². The van der Waals surface area contributed by atoms with E-state index in [2.05, 4.69) is 6.58 Å². The van der Waals surface area contributed by atoms with Gasteiger partial charge in [-0.05, 0) is 19.9 Å². The average Bonchev–Trinajstić information content (AvgIpc) is 2.78. The lowest BCUT2D eigenvalue weighted by molar-refractivity contribution is -0.124. The second-order valence-corrected chi connectivity index (χ2v) is 4.66. The van der Waals surface area contributed by atoms with Crippen LogP contribution in [0.25, 0.3) is 10.9 Å². The summed E-state index contributed by atoms with van der Waals surface area (Å²) in [6.07, 6.45) is 2.77. The zero-order chi connectivity index (χ0) is 14.7. The van der Waals surface area contributed by atoms with E-state index in [1.807, 2.05) is 28.8 Å². The first kappa shape index (κ1) is 14.1. The quantitative estimate of drug-likeness (QED) is 0.620. The molecule has 0 unspecified atom stereocenters. The van der Waals surface area contributed by atoms with E-state index >= 15 is 0 Å². The summed E-state index contributed by atoms with van der Waals surface area (Å²) in [6.45, 7) is 7.29. The van der Waals surface area contributed by atoms with Crippen LogP contribution in [0.4, 0.5) is 0 Å². The van der Waals surface area contributed by atoms with Crippen molar-refractivity contribution in [3.8, 4) is 0 Å². The maximum atomic E-state index is 12.2. The zero-order valence-corrected chi connectivity index (χ0v) is 11.6. The SMILES string of the molecule is C=CCn1cc(C(=O)O[C@H](C)C(C)=O)c2ccccc21. The van der Waals surface area contributed by atoms with Gasteiger partial charge in [0.05, 0.1) is 5.56 Å². The third-order valence-electron chi connectivity index (χ3n) is 3.19. The number of carbonyl (C=O) groups excluding carboxylic acids is 2. The van der Waals surface area contributed by atoms with Gasteiger partial charge in [-0.1, -0.05) is 24.3 Å². The second kappa shape index (κ2) is 5.74. The standard InChI is InChI=1S/C16H17NO3/c1-4-9-17-10-14(13-7-5-6-8-15(13)17)16(19)20-12(3)11(2)18/h4-8,10,12H,1,9H2,2-3H3/t12-/m1/s1. The van der Waals surface area contributed by atoms with E-state index in [1.165, 1.54) is 6.92 Å². The molecule has 1 aromatic carbocycles. The van der Waals surface area contributed by atoms with Crippen molar-refractivity contribution >= 4 is 22.7 Å². The number of hydrogen-bond donors (Lipinski definition) is 0. The molecule has 0 aliphatic rings. The number of nitrogens with zero attached hydrogens (tertiary/aromatic N) is 1. The molecule has 0 bridgehead atoms. The first-order valence-electron chi connectivity index (χ1n) is 6.44. The Hall–Kier alpha value is -2.36. The van der Waals surface area contributed by atoms with Crippen molar-refractivity contribution in [2.75, 3.05) is 0 Å². The Kier molecular flexibility index (Phi) is 4.03. The van der Waals surface area contributed by atoms with Gasteiger partial charge >= 0.3 is 5.97 Å². The van der Waals surface area contributed by atoms with Crippen LogP contribution in [0.1, 0.15) is 24.2 Å². The van der Waals surface area contributed by atoms with Gasteiger partial charge in [0.15, 0.2) is 11.9 Å². The van der Waals surface area contributed by atoms with E-state index in [4.69, 9.17) is 4.74 Å². The summed E-state index contributed by atoms with van der Waals surface area (Å²) < 4.78 is 7.10. The molecule has 4 nitrogen and oxygen atoms in total. The number of hydrogen-bond acceptors (Lipinski definition) is 3. The molecule has 0 aliphatic carbocycles. The van der Waals surface area contributed by atoms with Crippen molar-refractivity contribution in [3.63, 3.8) is 0 Å². The summed E-state index contributed by atoms with van der Waals surface area (Å²) in [5.41, 5.74) is 1.41. The molecule has 4 heteroatoms. The van der Waals surface area contributed by atoms with Gasteiger partial charge in [-0.25, -0.2) is 4.79 Å². The molecular formula is C16H17NO3. The van der Waals surface area contributed by atoms with Crippen LogP contribution in [0.5, 0.6) is 0 Å². The highest BCUT2D eigenvalue weighted by molar-refractivity contribution is 6.05. The van der Waals surface area contributed by atoms with Gasteiger partial charge in [0.1, 0.15) is 0 Å². The molecular weight excluding hydrogens is 254 g/mol. The molecule has 2 aromatic rings. The van der Waals surface area contributed by atoms with Gasteiger partial charge in [-0.2, -0.15) is 0 Å². The van der Waals surface area contributed by atoms with E-state index in [1.54, 1.807) is 19.2 Å². The Bertz CT molecular complexity index is 669. The Morgan fingerprint density at radius 2 is 2.10 bits per heavy atom. The summed E-state index contributed by atoms with van der Waals surface area (Å²) in [5, 5.41) is 0.815. The van der Waals surface area contributed by atoms with E-state index in [-0.39, 0.29) is 5.78 Å². The minimum absolute atomic E-state index is 0.173. The number of ketones is 1. The van der Waals surface area contributed by atoms with E-state index in [9.17, 15) is 9.59 Å². The second-order valence-electron chi connectivity index (χ2n) is 4.66. The van der Waals surface area contributed by atoms with Crippen molar-refractivity contribution in [2.24, 2.45) is 0 Å². The van der Waals surface area contributed by atoms with Crippen molar-refractivity contribution in [2.45, 2.75) is 26.5 Å². The fourth-order valence-electron chi connectivity index (χ4n) is 2.01. The molecule has 2 rings (SSSR count). The molecule has 1 heterocycles. The Labute approximate surface area is 117 Å². The lowest BCUT2D eigenvalue weighted by Crippen LogP contribution is -2.21.